The molecule has 0 aromatic carbocycles. The predicted molar refractivity (Wildman–Crippen MR) is 69.5 cm³/mol. The minimum absolute atomic E-state index is 0.663. The number of likely N-dealkylation sites (N-methyl/N-ethyl adjacent to an activating group) is 1. The van der Waals surface area contributed by atoms with Crippen molar-refractivity contribution in [3.05, 3.63) is 11.6 Å². The van der Waals surface area contributed by atoms with Crippen molar-refractivity contribution in [3.8, 4) is 0 Å². The molecule has 1 fully saturated rings. The fraction of sp³-hybridized carbons (Fsp3) is 0.846. The van der Waals surface area contributed by atoms with Gasteiger partial charge in [0.25, 0.3) is 0 Å². The van der Waals surface area contributed by atoms with Gasteiger partial charge < -0.3 is 5.32 Å². The number of allylic oxidation sites excluding steroid dienone is 1. The Morgan fingerprint density at radius 3 is 2.87 bits per heavy atom. The SMILES string of the molecule is CNC(C1=CCCCC1)C1CCCCS1. The van der Waals surface area contributed by atoms with E-state index in [0.717, 1.165) is 5.25 Å². The molecular weight excluding hydrogens is 202 g/mol. The van der Waals surface area contributed by atoms with Crippen molar-refractivity contribution >= 4 is 11.8 Å². The number of hydrogen-bond acceptors (Lipinski definition) is 2. The van der Waals surface area contributed by atoms with Gasteiger partial charge in [0, 0.05) is 11.3 Å². The van der Waals surface area contributed by atoms with Crippen LogP contribution in [0.5, 0.6) is 0 Å². The highest BCUT2D eigenvalue weighted by molar-refractivity contribution is 8.00. The second kappa shape index (κ2) is 5.95. The molecular formula is C13H23NS. The molecule has 0 spiro atoms. The van der Waals surface area contributed by atoms with Gasteiger partial charge in [-0.25, -0.2) is 0 Å². The van der Waals surface area contributed by atoms with Crippen molar-refractivity contribution < 1.29 is 0 Å². The Labute approximate surface area is 98.1 Å². The fourth-order valence-corrected chi connectivity index (χ4v) is 4.29. The van der Waals surface area contributed by atoms with Gasteiger partial charge >= 0.3 is 0 Å². The molecule has 2 heteroatoms. The second-order valence-electron chi connectivity index (χ2n) is 4.70. The van der Waals surface area contributed by atoms with Gasteiger partial charge in [-0.1, -0.05) is 18.1 Å². The minimum Gasteiger partial charge on any atom is -0.312 e. The third kappa shape index (κ3) is 3.01. The first-order valence-electron chi connectivity index (χ1n) is 6.39. The molecule has 15 heavy (non-hydrogen) atoms. The molecule has 1 saturated heterocycles. The van der Waals surface area contributed by atoms with Crippen LogP contribution in [0.1, 0.15) is 44.9 Å². The smallest absolute Gasteiger partial charge is 0.0397 e. The van der Waals surface area contributed by atoms with Gasteiger partial charge in [0.05, 0.1) is 0 Å². The summed E-state index contributed by atoms with van der Waals surface area (Å²) in [6.45, 7) is 0. The Bertz CT molecular complexity index is 219. The van der Waals surface area contributed by atoms with E-state index in [0.29, 0.717) is 6.04 Å². The molecule has 2 atom stereocenters. The van der Waals surface area contributed by atoms with Gasteiger partial charge in [-0.05, 0) is 51.3 Å². The van der Waals surface area contributed by atoms with E-state index < -0.39 is 0 Å². The zero-order valence-electron chi connectivity index (χ0n) is 9.80. The lowest BCUT2D eigenvalue weighted by Crippen LogP contribution is -2.39. The average molecular weight is 225 g/mol. The van der Waals surface area contributed by atoms with Crippen LogP contribution in [0.4, 0.5) is 0 Å². The lowest BCUT2D eigenvalue weighted by atomic mass is 9.90. The summed E-state index contributed by atoms with van der Waals surface area (Å²) in [6, 6.07) is 0.663. The molecule has 1 N–H and O–H groups in total. The van der Waals surface area contributed by atoms with Crippen molar-refractivity contribution in [1.82, 2.24) is 5.32 Å². The van der Waals surface area contributed by atoms with Gasteiger partial charge in [-0.2, -0.15) is 11.8 Å². The van der Waals surface area contributed by atoms with Crippen molar-refractivity contribution in [2.24, 2.45) is 0 Å². The monoisotopic (exact) mass is 225 g/mol. The molecule has 0 aromatic heterocycles. The third-order valence-corrected chi connectivity index (χ3v) is 5.08. The summed E-state index contributed by atoms with van der Waals surface area (Å²) >= 11 is 2.19. The zero-order chi connectivity index (χ0) is 10.5. The van der Waals surface area contributed by atoms with Crippen molar-refractivity contribution in [1.29, 1.82) is 0 Å². The van der Waals surface area contributed by atoms with E-state index in [-0.39, 0.29) is 0 Å². The molecule has 2 aliphatic rings. The van der Waals surface area contributed by atoms with E-state index in [4.69, 9.17) is 0 Å². The molecule has 0 amide bonds. The second-order valence-corrected chi connectivity index (χ2v) is 6.04. The van der Waals surface area contributed by atoms with Crippen LogP contribution in [-0.4, -0.2) is 24.1 Å². The molecule has 2 rings (SSSR count). The minimum atomic E-state index is 0.663. The molecule has 86 valence electrons. The van der Waals surface area contributed by atoms with Gasteiger partial charge in [0.2, 0.25) is 0 Å². The fourth-order valence-electron chi connectivity index (χ4n) is 2.78. The highest BCUT2D eigenvalue weighted by Gasteiger charge is 2.26. The summed E-state index contributed by atoms with van der Waals surface area (Å²) in [5.74, 6) is 1.37. The van der Waals surface area contributed by atoms with Crippen molar-refractivity contribution in [2.45, 2.75) is 56.2 Å². The molecule has 1 heterocycles. The van der Waals surface area contributed by atoms with E-state index in [1.165, 1.54) is 50.7 Å². The predicted octanol–water partition coefficient (Wildman–Crippen LogP) is 3.36. The van der Waals surface area contributed by atoms with Crippen molar-refractivity contribution in [2.75, 3.05) is 12.8 Å². The quantitative estimate of drug-likeness (QED) is 0.739. The van der Waals surface area contributed by atoms with Crippen LogP contribution >= 0.6 is 11.8 Å². The maximum atomic E-state index is 3.55. The summed E-state index contributed by atoms with van der Waals surface area (Å²) in [6.07, 6.45) is 12.2. The van der Waals surface area contributed by atoms with Gasteiger partial charge in [-0.3, -0.25) is 0 Å². The van der Waals surface area contributed by atoms with Gasteiger partial charge in [0.1, 0.15) is 0 Å². The van der Waals surface area contributed by atoms with Crippen LogP contribution in [0, 0.1) is 0 Å². The summed E-state index contributed by atoms with van der Waals surface area (Å²) in [5.41, 5.74) is 1.70. The number of nitrogens with one attached hydrogen (secondary N) is 1. The molecule has 0 radical (unpaired) electrons. The van der Waals surface area contributed by atoms with Crippen molar-refractivity contribution in [3.63, 3.8) is 0 Å². The lowest BCUT2D eigenvalue weighted by Gasteiger charge is -2.32. The standard InChI is InChI=1S/C13H23NS/c1-14-13(11-7-3-2-4-8-11)12-9-5-6-10-15-12/h7,12-14H,2-6,8-10H2,1H3. The molecule has 2 unspecified atom stereocenters. The van der Waals surface area contributed by atoms with E-state index in [2.05, 4.69) is 30.2 Å². The zero-order valence-corrected chi connectivity index (χ0v) is 10.6. The molecule has 1 aliphatic heterocycles. The highest BCUT2D eigenvalue weighted by atomic mass is 32.2. The highest BCUT2D eigenvalue weighted by Crippen LogP contribution is 2.32. The topological polar surface area (TPSA) is 12.0 Å². The summed E-state index contributed by atoms with van der Waals surface area (Å²) in [4.78, 5) is 0. The summed E-state index contributed by atoms with van der Waals surface area (Å²) in [5, 5.41) is 4.39. The number of thioether (sulfide) groups is 1. The Hall–Kier alpha value is 0.0500. The van der Waals surface area contributed by atoms with E-state index in [1.54, 1.807) is 5.57 Å². The first-order chi connectivity index (χ1) is 7.42. The summed E-state index contributed by atoms with van der Waals surface area (Å²) < 4.78 is 0. The average Bonchev–Trinajstić information content (AvgIpc) is 2.33. The largest absolute Gasteiger partial charge is 0.312 e. The van der Waals surface area contributed by atoms with E-state index in [1.807, 2.05) is 0 Å². The Balaban J connectivity index is 1.98. The van der Waals surface area contributed by atoms with Crippen LogP contribution in [0.2, 0.25) is 0 Å². The molecule has 0 bridgehead atoms. The van der Waals surface area contributed by atoms with Crippen LogP contribution in [0.3, 0.4) is 0 Å². The molecule has 1 nitrogen and oxygen atoms in total. The van der Waals surface area contributed by atoms with Gasteiger partial charge in [-0.15, -0.1) is 0 Å². The van der Waals surface area contributed by atoms with E-state index in [9.17, 15) is 0 Å². The molecule has 0 saturated carbocycles. The number of rotatable bonds is 3. The lowest BCUT2D eigenvalue weighted by molar-refractivity contribution is 0.516. The van der Waals surface area contributed by atoms with Crippen LogP contribution < -0.4 is 5.32 Å². The first-order valence-corrected chi connectivity index (χ1v) is 7.44. The molecule has 0 aromatic rings. The van der Waals surface area contributed by atoms with Gasteiger partial charge in [0.15, 0.2) is 0 Å². The first kappa shape index (κ1) is 11.5. The van der Waals surface area contributed by atoms with E-state index >= 15 is 0 Å². The van der Waals surface area contributed by atoms with Crippen LogP contribution in [0.15, 0.2) is 11.6 Å². The van der Waals surface area contributed by atoms with Crippen LogP contribution in [0.25, 0.3) is 0 Å². The Kier molecular flexibility index (Phi) is 4.58. The Morgan fingerprint density at radius 1 is 1.33 bits per heavy atom. The molecule has 1 aliphatic carbocycles. The maximum Gasteiger partial charge on any atom is 0.0397 e. The Morgan fingerprint density at radius 2 is 2.27 bits per heavy atom. The maximum absolute atomic E-state index is 3.55. The van der Waals surface area contributed by atoms with Crippen LogP contribution in [-0.2, 0) is 0 Å². The summed E-state index contributed by atoms with van der Waals surface area (Å²) in [7, 11) is 2.13. The third-order valence-electron chi connectivity index (χ3n) is 3.62. The number of hydrogen-bond donors (Lipinski definition) is 1. The normalized spacial score (nSPS) is 29.7.